The number of hydrogen-bond acceptors (Lipinski definition) is 3. The van der Waals surface area contributed by atoms with Gasteiger partial charge in [-0.25, -0.2) is 4.98 Å². The number of nitrogens with zero attached hydrogens (tertiary/aromatic N) is 2. The van der Waals surface area contributed by atoms with Crippen LogP contribution < -0.4 is 5.32 Å². The molecule has 1 saturated heterocycles. The molecular weight excluding hydrogens is 238 g/mol. The molecule has 19 heavy (non-hydrogen) atoms. The summed E-state index contributed by atoms with van der Waals surface area (Å²) in [4.78, 5) is 19.1. The maximum atomic E-state index is 12.4. The van der Waals surface area contributed by atoms with E-state index in [9.17, 15) is 4.79 Å². The van der Waals surface area contributed by atoms with Crippen LogP contribution >= 0.6 is 0 Å². The van der Waals surface area contributed by atoms with Gasteiger partial charge in [-0.2, -0.15) is 0 Å². The highest BCUT2D eigenvalue weighted by molar-refractivity contribution is 6.05. The molecule has 0 bridgehead atoms. The summed E-state index contributed by atoms with van der Waals surface area (Å²) >= 11 is 0. The lowest BCUT2D eigenvalue weighted by molar-refractivity contribution is -0.123. The van der Waals surface area contributed by atoms with Crippen molar-refractivity contribution in [2.45, 2.75) is 44.6 Å². The van der Waals surface area contributed by atoms with Crippen LogP contribution in [0.15, 0.2) is 18.3 Å². The third kappa shape index (κ3) is 1.86. The second-order valence-corrected chi connectivity index (χ2v) is 6.59. The van der Waals surface area contributed by atoms with Crippen molar-refractivity contribution in [3.63, 3.8) is 0 Å². The first kappa shape index (κ1) is 12.6. The van der Waals surface area contributed by atoms with Gasteiger partial charge in [-0.05, 0) is 39.7 Å². The van der Waals surface area contributed by atoms with E-state index in [1.807, 2.05) is 12.1 Å². The Balaban J connectivity index is 1.89. The summed E-state index contributed by atoms with van der Waals surface area (Å²) in [6, 6.07) is 3.98. The fraction of sp³-hybridized carbons (Fsp3) is 0.600. The van der Waals surface area contributed by atoms with Crippen LogP contribution in [0.3, 0.4) is 0 Å². The van der Waals surface area contributed by atoms with E-state index in [0.717, 1.165) is 37.3 Å². The number of carbonyl (C=O) groups is 1. The van der Waals surface area contributed by atoms with Crippen LogP contribution in [0.1, 0.15) is 39.2 Å². The van der Waals surface area contributed by atoms with Crippen molar-refractivity contribution in [3.8, 4) is 0 Å². The molecule has 0 aromatic carbocycles. The molecule has 3 rings (SSSR count). The molecule has 4 nitrogen and oxygen atoms in total. The Morgan fingerprint density at radius 2 is 2.00 bits per heavy atom. The minimum atomic E-state index is -0.342. The van der Waals surface area contributed by atoms with E-state index in [1.165, 1.54) is 0 Å². The summed E-state index contributed by atoms with van der Waals surface area (Å²) in [5.41, 5.74) is 0.924. The molecule has 0 atom stereocenters. The van der Waals surface area contributed by atoms with E-state index in [-0.39, 0.29) is 16.9 Å². The van der Waals surface area contributed by atoms with E-state index < -0.39 is 0 Å². The Morgan fingerprint density at radius 3 is 2.63 bits per heavy atom. The van der Waals surface area contributed by atoms with Gasteiger partial charge >= 0.3 is 0 Å². The molecule has 4 heteroatoms. The Labute approximate surface area is 114 Å². The molecule has 3 heterocycles. The molecule has 1 amide bonds. The van der Waals surface area contributed by atoms with Crippen LogP contribution in [0.5, 0.6) is 0 Å². The Morgan fingerprint density at radius 1 is 1.32 bits per heavy atom. The average Bonchev–Trinajstić information content (AvgIpc) is 2.63. The number of amides is 1. The third-order valence-corrected chi connectivity index (χ3v) is 4.56. The number of nitrogens with one attached hydrogen (secondary N) is 1. The van der Waals surface area contributed by atoms with Gasteiger partial charge in [0.05, 0.1) is 5.41 Å². The topological polar surface area (TPSA) is 45.2 Å². The SMILES string of the molecule is CC(C)(C)N1CCC2(CC1)C(=O)Nc1ncccc12. The molecule has 1 aromatic heterocycles. The zero-order valence-electron chi connectivity index (χ0n) is 11.9. The van der Waals surface area contributed by atoms with Crippen molar-refractivity contribution in [3.05, 3.63) is 23.9 Å². The lowest BCUT2D eigenvalue weighted by atomic mass is 9.73. The van der Waals surface area contributed by atoms with Crippen molar-refractivity contribution in [1.82, 2.24) is 9.88 Å². The molecule has 0 radical (unpaired) electrons. The lowest BCUT2D eigenvalue weighted by Gasteiger charge is -2.44. The van der Waals surface area contributed by atoms with E-state index >= 15 is 0 Å². The van der Waals surface area contributed by atoms with Crippen molar-refractivity contribution >= 4 is 11.7 Å². The molecule has 0 aliphatic carbocycles. The summed E-state index contributed by atoms with van der Waals surface area (Å²) in [6.07, 6.45) is 3.51. The van der Waals surface area contributed by atoms with E-state index in [4.69, 9.17) is 0 Å². The fourth-order valence-electron chi connectivity index (χ4n) is 3.30. The number of rotatable bonds is 0. The monoisotopic (exact) mass is 259 g/mol. The van der Waals surface area contributed by atoms with E-state index in [1.54, 1.807) is 6.20 Å². The van der Waals surface area contributed by atoms with Crippen molar-refractivity contribution in [2.75, 3.05) is 18.4 Å². The van der Waals surface area contributed by atoms with E-state index in [0.29, 0.717) is 0 Å². The maximum Gasteiger partial charge on any atom is 0.236 e. The predicted molar refractivity (Wildman–Crippen MR) is 75.1 cm³/mol. The van der Waals surface area contributed by atoms with Crippen LogP contribution in [-0.4, -0.2) is 34.4 Å². The third-order valence-electron chi connectivity index (χ3n) is 4.56. The number of anilines is 1. The van der Waals surface area contributed by atoms with Gasteiger partial charge in [0.1, 0.15) is 5.82 Å². The van der Waals surface area contributed by atoms with Crippen molar-refractivity contribution in [1.29, 1.82) is 0 Å². The lowest BCUT2D eigenvalue weighted by Crippen LogP contribution is -2.52. The van der Waals surface area contributed by atoms with Crippen LogP contribution in [-0.2, 0) is 10.2 Å². The normalized spacial score (nSPS) is 22.4. The summed E-state index contributed by atoms with van der Waals surface area (Å²) in [6.45, 7) is 8.62. The first-order chi connectivity index (χ1) is 8.93. The largest absolute Gasteiger partial charge is 0.310 e. The van der Waals surface area contributed by atoms with E-state index in [2.05, 4.69) is 36.0 Å². The second-order valence-electron chi connectivity index (χ2n) is 6.59. The van der Waals surface area contributed by atoms with Crippen LogP contribution in [0.4, 0.5) is 5.82 Å². The van der Waals surface area contributed by atoms with Gasteiger partial charge in [0.15, 0.2) is 0 Å². The van der Waals surface area contributed by atoms with Gasteiger partial charge in [0.25, 0.3) is 0 Å². The molecule has 1 fully saturated rings. The number of carbonyl (C=O) groups excluding carboxylic acids is 1. The molecule has 1 spiro atoms. The number of fused-ring (bicyclic) bond motifs is 2. The number of pyridine rings is 1. The second kappa shape index (κ2) is 4.04. The van der Waals surface area contributed by atoms with Crippen molar-refractivity contribution in [2.24, 2.45) is 0 Å². The minimum absolute atomic E-state index is 0.134. The van der Waals surface area contributed by atoms with Crippen LogP contribution in [0.25, 0.3) is 0 Å². The van der Waals surface area contributed by atoms with Crippen LogP contribution in [0.2, 0.25) is 0 Å². The highest BCUT2D eigenvalue weighted by Gasteiger charge is 2.49. The minimum Gasteiger partial charge on any atom is -0.310 e. The van der Waals surface area contributed by atoms with Crippen LogP contribution in [0, 0.1) is 0 Å². The molecular formula is C15H21N3O. The Bertz CT molecular complexity index is 510. The van der Waals surface area contributed by atoms with Gasteiger partial charge in [0, 0.05) is 30.4 Å². The summed E-state index contributed by atoms with van der Waals surface area (Å²) in [5.74, 6) is 0.895. The summed E-state index contributed by atoms with van der Waals surface area (Å²) in [5, 5.41) is 2.94. The van der Waals surface area contributed by atoms with Gasteiger partial charge in [-0.15, -0.1) is 0 Å². The molecule has 102 valence electrons. The quantitative estimate of drug-likeness (QED) is 0.776. The average molecular weight is 259 g/mol. The molecule has 0 unspecified atom stereocenters. The maximum absolute atomic E-state index is 12.4. The van der Waals surface area contributed by atoms with Gasteiger partial charge in [-0.3, -0.25) is 9.69 Å². The molecule has 0 saturated carbocycles. The molecule has 2 aliphatic heterocycles. The number of aromatic nitrogens is 1. The Kier molecular flexibility index (Phi) is 2.68. The van der Waals surface area contributed by atoms with Gasteiger partial charge in [-0.1, -0.05) is 6.07 Å². The number of hydrogen-bond donors (Lipinski definition) is 1. The number of piperidine rings is 1. The van der Waals surface area contributed by atoms with Gasteiger partial charge < -0.3 is 5.32 Å². The van der Waals surface area contributed by atoms with Gasteiger partial charge in [0.2, 0.25) is 5.91 Å². The first-order valence-corrected chi connectivity index (χ1v) is 6.95. The number of likely N-dealkylation sites (tertiary alicyclic amines) is 1. The summed E-state index contributed by atoms with van der Waals surface area (Å²) in [7, 11) is 0. The Hall–Kier alpha value is -1.42. The summed E-state index contributed by atoms with van der Waals surface area (Å²) < 4.78 is 0. The molecule has 1 aromatic rings. The highest BCUT2D eigenvalue weighted by Crippen LogP contribution is 2.44. The standard InChI is InChI=1S/C15H21N3O/c1-14(2,3)18-9-6-15(7-10-18)11-5-4-8-16-12(11)17-13(15)19/h4-5,8H,6-7,9-10H2,1-3H3,(H,16,17,19). The first-order valence-electron chi connectivity index (χ1n) is 6.95. The molecule has 2 aliphatic rings. The zero-order valence-corrected chi connectivity index (χ0v) is 11.9. The fourth-order valence-corrected chi connectivity index (χ4v) is 3.30. The highest BCUT2D eigenvalue weighted by atomic mass is 16.2. The predicted octanol–water partition coefficient (Wildman–Crippen LogP) is 2.17. The smallest absolute Gasteiger partial charge is 0.236 e. The zero-order chi connectivity index (χ0) is 13.7. The van der Waals surface area contributed by atoms with Crippen molar-refractivity contribution < 1.29 is 4.79 Å². The molecule has 1 N–H and O–H groups in total.